The number of ether oxygens (including phenoxy) is 1. The van der Waals surface area contributed by atoms with Gasteiger partial charge < -0.3 is 9.15 Å². The van der Waals surface area contributed by atoms with Crippen molar-refractivity contribution in [3.8, 4) is 62.2 Å². The van der Waals surface area contributed by atoms with Crippen molar-refractivity contribution in [2.45, 2.75) is 0 Å². The minimum absolute atomic E-state index is 0.580. The van der Waals surface area contributed by atoms with Crippen molar-refractivity contribution in [2.24, 2.45) is 0 Å². The number of rotatable bonds is 6. The molecule has 5 nitrogen and oxygen atoms in total. The van der Waals surface area contributed by atoms with Crippen LogP contribution in [0.15, 0.2) is 186 Å². The summed E-state index contributed by atoms with van der Waals surface area (Å²) in [6, 6.07) is 63.1. The molecule has 5 heteroatoms. The number of hydrogen-bond acceptors (Lipinski definition) is 5. The molecule has 0 bridgehead atoms. The maximum absolute atomic E-state index is 6.50. The molecule has 11 rings (SSSR count). The molecule has 0 radical (unpaired) electrons. The van der Waals surface area contributed by atoms with Crippen LogP contribution in [0.2, 0.25) is 0 Å². The van der Waals surface area contributed by atoms with Gasteiger partial charge in [-0.25, -0.2) is 15.0 Å². The smallest absolute Gasteiger partial charge is 0.164 e. The largest absolute Gasteiger partial charge is 0.496 e. The van der Waals surface area contributed by atoms with Gasteiger partial charge in [-0.2, -0.15) is 0 Å². The summed E-state index contributed by atoms with van der Waals surface area (Å²) in [6.07, 6.45) is 0. The normalized spacial score (nSPS) is 11.6. The Morgan fingerprint density at radius 3 is 1.88 bits per heavy atom. The molecule has 0 N–H and O–H groups in total. The second-order valence-corrected chi connectivity index (χ2v) is 14.3. The Kier molecular flexibility index (Phi) is 7.64. The molecule has 0 atom stereocenters. The molecular formula is C52H33N3O2. The average molecular weight is 732 g/mol. The van der Waals surface area contributed by atoms with Gasteiger partial charge in [0.25, 0.3) is 0 Å². The third kappa shape index (κ3) is 5.59. The molecule has 0 fully saturated rings. The predicted molar refractivity (Wildman–Crippen MR) is 233 cm³/mol. The van der Waals surface area contributed by atoms with Crippen molar-refractivity contribution >= 4 is 54.3 Å². The van der Waals surface area contributed by atoms with E-state index in [0.29, 0.717) is 17.5 Å². The maximum atomic E-state index is 6.50. The maximum Gasteiger partial charge on any atom is 0.164 e. The number of aromatic nitrogens is 3. The lowest BCUT2D eigenvalue weighted by molar-refractivity contribution is 0.416. The zero-order valence-corrected chi connectivity index (χ0v) is 31.0. The van der Waals surface area contributed by atoms with E-state index in [0.717, 1.165) is 82.8 Å². The highest BCUT2D eigenvalue weighted by Gasteiger charge is 2.20. The molecule has 57 heavy (non-hydrogen) atoms. The van der Waals surface area contributed by atoms with Crippen molar-refractivity contribution in [3.05, 3.63) is 182 Å². The van der Waals surface area contributed by atoms with E-state index in [1.807, 2.05) is 48.5 Å². The van der Waals surface area contributed by atoms with Crippen LogP contribution >= 0.6 is 0 Å². The van der Waals surface area contributed by atoms with E-state index in [-0.39, 0.29) is 0 Å². The molecule has 0 saturated heterocycles. The molecule has 0 saturated carbocycles. The Balaban J connectivity index is 1.08. The van der Waals surface area contributed by atoms with Crippen LogP contribution in [0.4, 0.5) is 0 Å². The summed E-state index contributed by atoms with van der Waals surface area (Å²) in [6.45, 7) is 0. The summed E-state index contributed by atoms with van der Waals surface area (Å²) in [4.78, 5) is 15.6. The summed E-state index contributed by atoms with van der Waals surface area (Å²) in [5, 5.41) is 8.92. The fraction of sp³-hybridized carbons (Fsp3) is 0.0192. The second kappa shape index (κ2) is 13.3. The van der Waals surface area contributed by atoms with Crippen LogP contribution in [0.25, 0.3) is 111 Å². The first-order chi connectivity index (χ1) is 28.2. The Morgan fingerprint density at radius 2 is 1.04 bits per heavy atom. The van der Waals surface area contributed by atoms with E-state index in [1.165, 1.54) is 16.2 Å². The van der Waals surface area contributed by atoms with Crippen LogP contribution in [0.1, 0.15) is 0 Å². The van der Waals surface area contributed by atoms with Gasteiger partial charge in [0.05, 0.1) is 7.11 Å². The fourth-order valence-electron chi connectivity index (χ4n) is 8.23. The van der Waals surface area contributed by atoms with Crippen molar-refractivity contribution in [1.29, 1.82) is 0 Å². The lowest BCUT2D eigenvalue weighted by Gasteiger charge is -2.13. The van der Waals surface area contributed by atoms with Crippen LogP contribution < -0.4 is 4.74 Å². The summed E-state index contributed by atoms with van der Waals surface area (Å²) in [5.74, 6) is 2.62. The summed E-state index contributed by atoms with van der Waals surface area (Å²) >= 11 is 0. The first-order valence-corrected chi connectivity index (χ1v) is 19.0. The van der Waals surface area contributed by atoms with Gasteiger partial charge in [-0.1, -0.05) is 146 Å². The van der Waals surface area contributed by atoms with Gasteiger partial charge in [-0.15, -0.1) is 0 Å². The molecule has 2 heterocycles. The van der Waals surface area contributed by atoms with Crippen LogP contribution in [0.3, 0.4) is 0 Å². The minimum Gasteiger partial charge on any atom is -0.496 e. The lowest BCUT2D eigenvalue weighted by atomic mass is 9.96. The van der Waals surface area contributed by atoms with E-state index in [1.54, 1.807) is 7.11 Å². The Hall–Kier alpha value is -7.63. The fourth-order valence-corrected chi connectivity index (χ4v) is 8.23. The molecule has 0 aliphatic heterocycles. The molecule has 0 amide bonds. The summed E-state index contributed by atoms with van der Waals surface area (Å²) in [5.41, 5.74) is 8.55. The SMILES string of the molecule is COc1cc(-c2ccc3oc4cccc(-c5nc(-c6ccccc6)nc(-c6cc7ccccc7c7ccccc67)n5)c4c3c2)ccc1-c1ccc2ccccc2c1. The Morgan fingerprint density at radius 1 is 0.368 bits per heavy atom. The molecule has 0 unspecified atom stereocenters. The van der Waals surface area contributed by atoms with Gasteiger partial charge in [-0.3, -0.25) is 0 Å². The zero-order chi connectivity index (χ0) is 37.9. The molecule has 2 aromatic heterocycles. The molecular weight excluding hydrogens is 699 g/mol. The van der Waals surface area contributed by atoms with Crippen molar-refractivity contribution < 1.29 is 9.15 Å². The van der Waals surface area contributed by atoms with Crippen molar-refractivity contribution in [2.75, 3.05) is 7.11 Å². The summed E-state index contributed by atoms with van der Waals surface area (Å²) in [7, 11) is 1.73. The first-order valence-electron chi connectivity index (χ1n) is 19.0. The van der Waals surface area contributed by atoms with Crippen LogP contribution in [-0.4, -0.2) is 22.1 Å². The topological polar surface area (TPSA) is 61.0 Å². The van der Waals surface area contributed by atoms with Gasteiger partial charge in [0, 0.05) is 33.0 Å². The lowest BCUT2D eigenvalue weighted by Crippen LogP contribution is -2.01. The third-order valence-electron chi connectivity index (χ3n) is 11.0. The number of fused-ring (bicyclic) bond motifs is 7. The monoisotopic (exact) mass is 731 g/mol. The average Bonchev–Trinajstić information content (AvgIpc) is 3.67. The highest BCUT2D eigenvalue weighted by molar-refractivity contribution is 6.14. The van der Waals surface area contributed by atoms with Crippen LogP contribution in [0.5, 0.6) is 5.75 Å². The third-order valence-corrected chi connectivity index (χ3v) is 11.0. The number of benzene rings is 9. The Labute approximate surface area is 328 Å². The molecule has 0 aliphatic carbocycles. The second-order valence-electron chi connectivity index (χ2n) is 14.3. The van der Waals surface area contributed by atoms with Crippen molar-refractivity contribution in [3.63, 3.8) is 0 Å². The van der Waals surface area contributed by atoms with E-state index in [2.05, 4.69) is 133 Å². The molecule has 11 aromatic rings. The van der Waals surface area contributed by atoms with E-state index in [9.17, 15) is 0 Å². The molecule has 9 aromatic carbocycles. The number of methoxy groups -OCH3 is 1. The molecule has 0 aliphatic rings. The van der Waals surface area contributed by atoms with E-state index in [4.69, 9.17) is 24.1 Å². The van der Waals surface area contributed by atoms with Gasteiger partial charge >= 0.3 is 0 Å². The first kappa shape index (κ1) is 32.8. The Bertz CT molecular complexity index is 3350. The standard InChI is InChI=1S/C52H33N3O2/c1-56-48-31-36(24-26-40(48)38-23-22-32-12-5-6-15-34(32)28-38)35-25-27-46-45(29-35)49-43(20-11-21-47(49)57-46)51-53-50(33-13-3-2-4-14-33)54-52(55-51)44-30-37-16-7-8-17-39(37)41-18-9-10-19-42(41)44/h2-31H,1H3. The minimum atomic E-state index is 0.580. The van der Waals surface area contributed by atoms with Gasteiger partial charge in [0.2, 0.25) is 0 Å². The van der Waals surface area contributed by atoms with E-state index >= 15 is 0 Å². The highest BCUT2D eigenvalue weighted by atomic mass is 16.5. The quantitative estimate of drug-likeness (QED) is 0.159. The highest BCUT2D eigenvalue weighted by Crippen LogP contribution is 2.41. The molecule has 0 spiro atoms. The predicted octanol–water partition coefficient (Wildman–Crippen LogP) is 13.6. The van der Waals surface area contributed by atoms with Crippen LogP contribution in [-0.2, 0) is 0 Å². The van der Waals surface area contributed by atoms with Gasteiger partial charge in [-0.05, 0) is 85.4 Å². The van der Waals surface area contributed by atoms with Gasteiger partial charge in [0.1, 0.15) is 16.9 Å². The zero-order valence-electron chi connectivity index (χ0n) is 31.0. The van der Waals surface area contributed by atoms with E-state index < -0.39 is 0 Å². The number of nitrogens with zero attached hydrogens (tertiary/aromatic N) is 3. The molecule has 268 valence electrons. The number of hydrogen-bond donors (Lipinski definition) is 0. The van der Waals surface area contributed by atoms with Gasteiger partial charge in [0.15, 0.2) is 17.5 Å². The summed E-state index contributed by atoms with van der Waals surface area (Å²) < 4.78 is 12.5. The van der Waals surface area contributed by atoms with Crippen LogP contribution in [0, 0.1) is 0 Å². The number of furan rings is 1. The van der Waals surface area contributed by atoms with Crippen molar-refractivity contribution in [1.82, 2.24) is 15.0 Å².